The second-order valence-electron chi connectivity index (χ2n) is 4.48. The van der Waals surface area contributed by atoms with Gasteiger partial charge in [0, 0.05) is 26.7 Å². The fourth-order valence-corrected chi connectivity index (χ4v) is 3.82. The van der Waals surface area contributed by atoms with Crippen molar-refractivity contribution in [3.8, 4) is 0 Å². The Morgan fingerprint density at radius 2 is 2.20 bits per heavy atom. The maximum atomic E-state index is 12.0. The van der Waals surface area contributed by atoms with Gasteiger partial charge in [-0.3, -0.25) is 0 Å². The summed E-state index contributed by atoms with van der Waals surface area (Å²) in [6, 6.07) is 1.22. The minimum atomic E-state index is -3.97. The molecule has 0 aliphatic carbocycles. The largest absolute Gasteiger partial charge is 0.477 e. The first-order valence-electron chi connectivity index (χ1n) is 5.71. The summed E-state index contributed by atoms with van der Waals surface area (Å²) in [4.78, 5) is 10.4. The van der Waals surface area contributed by atoms with Gasteiger partial charge in [-0.05, 0) is 18.4 Å². The van der Waals surface area contributed by atoms with Crippen molar-refractivity contribution < 1.29 is 28.2 Å². The fourth-order valence-electron chi connectivity index (χ4n) is 1.40. The Hall–Kier alpha value is -1.00. The van der Waals surface area contributed by atoms with E-state index in [0.29, 0.717) is 0 Å². The Kier molecular flexibility index (Phi) is 5.66. The van der Waals surface area contributed by atoms with Gasteiger partial charge < -0.3 is 14.9 Å². The molecule has 1 atom stereocenters. The van der Waals surface area contributed by atoms with Gasteiger partial charge in [0.25, 0.3) is 0 Å². The van der Waals surface area contributed by atoms with Gasteiger partial charge in [0.2, 0.25) is 10.0 Å². The van der Waals surface area contributed by atoms with E-state index < -0.39 is 21.6 Å². The number of hydrogen-bond donors (Lipinski definition) is 3. The first kappa shape index (κ1) is 17.1. The minimum Gasteiger partial charge on any atom is -0.477 e. The average Bonchev–Trinajstić information content (AvgIpc) is 2.84. The van der Waals surface area contributed by atoms with E-state index >= 15 is 0 Å². The van der Waals surface area contributed by atoms with Crippen molar-refractivity contribution in [3.63, 3.8) is 0 Å². The number of aromatic carboxylic acids is 1. The normalized spacial score (nSPS) is 14.9. The van der Waals surface area contributed by atoms with Crippen LogP contribution in [0.15, 0.2) is 16.3 Å². The van der Waals surface area contributed by atoms with E-state index in [2.05, 4.69) is 4.72 Å². The lowest BCUT2D eigenvalue weighted by Crippen LogP contribution is -2.41. The molecule has 0 radical (unpaired) electrons. The predicted octanol–water partition coefficient (Wildman–Crippen LogP) is 0.512. The van der Waals surface area contributed by atoms with Crippen molar-refractivity contribution in [2.45, 2.75) is 23.8 Å². The number of nitrogens with one attached hydrogen (secondary N) is 1. The van der Waals surface area contributed by atoms with Gasteiger partial charge >= 0.3 is 5.97 Å². The number of thiophene rings is 1. The molecule has 9 heteroatoms. The molecule has 0 spiro atoms. The van der Waals surface area contributed by atoms with E-state index in [1.165, 1.54) is 25.5 Å². The van der Waals surface area contributed by atoms with Crippen molar-refractivity contribution in [3.05, 3.63) is 16.3 Å². The number of sulfonamides is 1. The highest BCUT2D eigenvalue weighted by atomic mass is 32.2. The molecule has 0 saturated carbocycles. The zero-order chi connectivity index (χ0) is 15.4. The second-order valence-corrected chi connectivity index (χ2v) is 7.13. The molecule has 0 amide bonds. The summed E-state index contributed by atoms with van der Waals surface area (Å²) in [6.07, 6.45) is 0.251. The first-order chi connectivity index (χ1) is 9.19. The van der Waals surface area contributed by atoms with Crippen LogP contribution in [0.3, 0.4) is 0 Å². The van der Waals surface area contributed by atoms with Gasteiger partial charge in [0.05, 0.1) is 5.60 Å². The van der Waals surface area contributed by atoms with Crippen LogP contribution in [0.5, 0.6) is 0 Å². The number of methoxy groups -OCH3 is 1. The van der Waals surface area contributed by atoms with E-state index in [1.807, 2.05) is 0 Å². The van der Waals surface area contributed by atoms with Crippen LogP contribution < -0.4 is 4.72 Å². The summed E-state index contributed by atoms with van der Waals surface area (Å²) < 4.78 is 31.1. The van der Waals surface area contributed by atoms with Gasteiger partial charge in [-0.15, -0.1) is 11.3 Å². The number of ether oxygens (including phenoxy) is 1. The molecule has 3 N–H and O–H groups in total. The van der Waals surface area contributed by atoms with E-state index in [0.717, 1.165) is 11.3 Å². The van der Waals surface area contributed by atoms with E-state index in [1.54, 1.807) is 0 Å². The monoisotopic (exact) mass is 323 g/mol. The third-order valence-electron chi connectivity index (χ3n) is 2.60. The van der Waals surface area contributed by atoms with Crippen LogP contribution in [-0.2, 0) is 14.8 Å². The smallest absolute Gasteiger partial charge is 0.347 e. The lowest BCUT2D eigenvalue weighted by Gasteiger charge is -2.23. The Balaban J connectivity index is 2.80. The quantitative estimate of drug-likeness (QED) is 0.642. The zero-order valence-corrected chi connectivity index (χ0v) is 12.8. The van der Waals surface area contributed by atoms with E-state index in [9.17, 15) is 18.3 Å². The summed E-state index contributed by atoms with van der Waals surface area (Å²) in [5, 5.41) is 20.3. The molecule has 1 unspecified atom stereocenters. The van der Waals surface area contributed by atoms with Crippen molar-refractivity contribution in [2.75, 3.05) is 20.3 Å². The molecule has 20 heavy (non-hydrogen) atoms. The highest BCUT2D eigenvalue weighted by Crippen LogP contribution is 2.22. The predicted molar refractivity (Wildman–Crippen MR) is 73.6 cm³/mol. The Morgan fingerprint density at radius 1 is 1.55 bits per heavy atom. The molecule has 1 aromatic rings. The highest BCUT2D eigenvalue weighted by molar-refractivity contribution is 7.89. The average molecular weight is 323 g/mol. The van der Waals surface area contributed by atoms with Crippen molar-refractivity contribution in [1.29, 1.82) is 0 Å². The van der Waals surface area contributed by atoms with Crippen molar-refractivity contribution >= 4 is 27.3 Å². The van der Waals surface area contributed by atoms with Gasteiger partial charge in [0.15, 0.2) is 0 Å². The second kappa shape index (κ2) is 6.64. The van der Waals surface area contributed by atoms with E-state index in [4.69, 9.17) is 9.84 Å². The number of carboxylic acids is 1. The number of carboxylic acid groups (broad SMARTS) is 1. The minimum absolute atomic E-state index is 0.229. The molecule has 7 nitrogen and oxygen atoms in total. The molecule has 0 fully saturated rings. The molecule has 0 saturated heterocycles. The molecule has 0 aliphatic rings. The molecule has 1 aromatic heterocycles. The molecule has 1 heterocycles. The lowest BCUT2D eigenvalue weighted by molar-refractivity contribution is 0.0292. The molecular formula is C11H17NO6S2. The van der Waals surface area contributed by atoms with E-state index in [-0.39, 0.29) is 29.3 Å². The van der Waals surface area contributed by atoms with Crippen molar-refractivity contribution in [1.82, 2.24) is 4.72 Å². The van der Waals surface area contributed by atoms with Gasteiger partial charge in [-0.1, -0.05) is 0 Å². The summed E-state index contributed by atoms with van der Waals surface area (Å²) in [7, 11) is -2.50. The molecule has 1 rings (SSSR count). The molecule has 0 aromatic carbocycles. The molecule has 0 aliphatic heterocycles. The molecule has 0 bridgehead atoms. The van der Waals surface area contributed by atoms with Gasteiger partial charge in [0.1, 0.15) is 9.77 Å². The van der Waals surface area contributed by atoms with Crippen LogP contribution in [0.4, 0.5) is 0 Å². The number of carbonyl (C=O) groups is 1. The highest BCUT2D eigenvalue weighted by Gasteiger charge is 2.27. The summed E-state index contributed by atoms with van der Waals surface area (Å²) in [5.74, 6) is -1.30. The van der Waals surface area contributed by atoms with Crippen LogP contribution >= 0.6 is 11.3 Å². The van der Waals surface area contributed by atoms with Crippen LogP contribution in [-0.4, -0.2) is 50.5 Å². The topological polar surface area (TPSA) is 113 Å². The summed E-state index contributed by atoms with van der Waals surface area (Å²) >= 11 is 0.831. The third kappa shape index (κ3) is 4.53. The van der Waals surface area contributed by atoms with Crippen LogP contribution in [0.2, 0.25) is 0 Å². The molecule has 114 valence electrons. The summed E-state index contributed by atoms with van der Waals surface area (Å²) in [6.45, 7) is 1.53. The molecular weight excluding hydrogens is 306 g/mol. The maximum Gasteiger partial charge on any atom is 0.347 e. The number of hydrogen-bond acceptors (Lipinski definition) is 6. The Labute approximate surface area is 121 Å². The first-order valence-corrected chi connectivity index (χ1v) is 8.08. The number of aliphatic hydroxyl groups is 1. The maximum absolute atomic E-state index is 12.0. The standard InChI is InChI=1S/C11H17NO6S2/c1-11(15,4-5-18-2)7-12-20(16,17)8-3-6-19-9(8)10(13)14/h3,6,12,15H,4-5,7H2,1-2H3,(H,13,14). The Morgan fingerprint density at radius 3 is 2.75 bits per heavy atom. The van der Waals surface area contributed by atoms with Crippen LogP contribution in [0, 0.1) is 0 Å². The van der Waals surface area contributed by atoms with Crippen molar-refractivity contribution in [2.24, 2.45) is 0 Å². The van der Waals surface area contributed by atoms with Gasteiger partial charge in [-0.2, -0.15) is 0 Å². The Bertz CT molecular complexity index is 563. The lowest BCUT2D eigenvalue weighted by atomic mass is 10.0. The van der Waals surface area contributed by atoms with Crippen LogP contribution in [0.1, 0.15) is 23.0 Å². The van der Waals surface area contributed by atoms with Crippen LogP contribution in [0.25, 0.3) is 0 Å². The summed E-state index contributed by atoms with van der Waals surface area (Å²) in [5.41, 5.74) is -1.28. The fraction of sp³-hybridized carbons (Fsp3) is 0.545. The SMILES string of the molecule is COCCC(C)(O)CNS(=O)(=O)c1ccsc1C(=O)O. The van der Waals surface area contributed by atoms with Gasteiger partial charge in [-0.25, -0.2) is 17.9 Å². The third-order valence-corrected chi connectivity index (χ3v) is 5.08. The zero-order valence-electron chi connectivity index (χ0n) is 11.1. The number of rotatable bonds is 8.